The third-order valence-corrected chi connectivity index (χ3v) is 5.12. The van der Waals surface area contributed by atoms with Crippen LogP contribution in [-0.4, -0.2) is 24.7 Å². The third kappa shape index (κ3) is 4.21. The molecule has 3 heteroatoms. The van der Waals surface area contributed by atoms with Crippen LogP contribution >= 0.6 is 0 Å². The zero-order chi connectivity index (χ0) is 14.3. The van der Waals surface area contributed by atoms with Crippen molar-refractivity contribution in [3.8, 4) is 0 Å². The molecule has 0 aromatic rings. The highest BCUT2D eigenvalue weighted by molar-refractivity contribution is 5.80. The van der Waals surface area contributed by atoms with E-state index in [9.17, 15) is 4.79 Å². The first-order chi connectivity index (χ1) is 9.77. The highest BCUT2D eigenvalue weighted by Crippen LogP contribution is 2.30. The second kappa shape index (κ2) is 8.02. The lowest BCUT2D eigenvalue weighted by Crippen LogP contribution is -2.56. The number of hydrogen-bond donors (Lipinski definition) is 1. The Kier molecular flexibility index (Phi) is 6.34. The summed E-state index contributed by atoms with van der Waals surface area (Å²) < 4.78 is 5.16. The zero-order valence-corrected chi connectivity index (χ0v) is 13.1. The SMILES string of the molecule is COC(=O)C1(NC2CCCCCC2)CCCCCCC1. The summed E-state index contributed by atoms with van der Waals surface area (Å²) in [6.07, 6.45) is 15.8. The topological polar surface area (TPSA) is 38.3 Å². The van der Waals surface area contributed by atoms with E-state index in [4.69, 9.17) is 4.74 Å². The summed E-state index contributed by atoms with van der Waals surface area (Å²) in [6, 6.07) is 0.510. The molecule has 1 N–H and O–H groups in total. The van der Waals surface area contributed by atoms with E-state index in [1.165, 1.54) is 64.9 Å². The number of rotatable bonds is 3. The van der Waals surface area contributed by atoms with Crippen LogP contribution in [-0.2, 0) is 9.53 Å². The van der Waals surface area contributed by atoms with Gasteiger partial charge < -0.3 is 4.74 Å². The molecule has 2 rings (SSSR count). The van der Waals surface area contributed by atoms with Crippen LogP contribution in [0.2, 0.25) is 0 Å². The van der Waals surface area contributed by atoms with Gasteiger partial charge in [0.25, 0.3) is 0 Å². The molecule has 0 atom stereocenters. The fourth-order valence-electron chi connectivity index (χ4n) is 3.93. The Morgan fingerprint density at radius 3 is 1.95 bits per heavy atom. The summed E-state index contributed by atoms with van der Waals surface area (Å²) in [5.41, 5.74) is -0.399. The summed E-state index contributed by atoms with van der Waals surface area (Å²) >= 11 is 0. The van der Waals surface area contributed by atoms with Crippen molar-refractivity contribution in [1.82, 2.24) is 5.32 Å². The van der Waals surface area contributed by atoms with Gasteiger partial charge in [0.1, 0.15) is 5.54 Å². The minimum absolute atomic E-state index is 0.0244. The van der Waals surface area contributed by atoms with Gasteiger partial charge in [0.05, 0.1) is 7.11 Å². The molecular formula is C17H31NO2. The van der Waals surface area contributed by atoms with Gasteiger partial charge in [-0.2, -0.15) is 0 Å². The lowest BCUT2D eigenvalue weighted by Gasteiger charge is -2.37. The largest absolute Gasteiger partial charge is 0.468 e. The fourth-order valence-corrected chi connectivity index (χ4v) is 3.93. The maximum Gasteiger partial charge on any atom is 0.326 e. The molecule has 0 aromatic heterocycles. The first kappa shape index (κ1) is 15.8. The molecule has 0 amide bonds. The first-order valence-electron chi connectivity index (χ1n) is 8.63. The molecule has 2 saturated carbocycles. The Labute approximate surface area is 123 Å². The van der Waals surface area contributed by atoms with E-state index in [0.717, 1.165) is 25.7 Å². The van der Waals surface area contributed by atoms with Gasteiger partial charge in [-0.3, -0.25) is 10.1 Å². The van der Waals surface area contributed by atoms with E-state index in [1.807, 2.05) is 0 Å². The van der Waals surface area contributed by atoms with Gasteiger partial charge in [-0.25, -0.2) is 0 Å². The number of carbonyl (C=O) groups excluding carboxylic acids is 1. The molecule has 0 aromatic carbocycles. The number of hydrogen-bond acceptors (Lipinski definition) is 3. The van der Waals surface area contributed by atoms with Crippen molar-refractivity contribution >= 4 is 5.97 Å². The quantitative estimate of drug-likeness (QED) is 0.628. The fraction of sp³-hybridized carbons (Fsp3) is 0.941. The predicted octanol–water partition coefficient (Wildman–Crippen LogP) is 3.95. The highest BCUT2D eigenvalue weighted by Gasteiger charge is 2.40. The maximum atomic E-state index is 12.4. The molecule has 0 unspecified atom stereocenters. The van der Waals surface area contributed by atoms with Crippen molar-refractivity contribution in [1.29, 1.82) is 0 Å². The molecule has 3 nitrogen and oxygen atoms in total. The number of nitrogens with one attached hydrogen (secondary N) is 1. The van der Waals surface area contributed by atoms with Gasteiger partial charge >= 0.3 is 5.97 Å². The molecule has 0 aliphatic heterocycles. The molecule has 20 heavy (non-hydrogen) atoms. The van der Waals surface area contributed by atoms with E-state index in [-0.39, 0.29) is 5.97 Å². The number of carbonyl (C=O) groups is 1. The van der Waals surface area contributed by atoms with Crippen molar-refractivity contribution in [3.63, 3.8) is 0 Å². The van der Waals surface area contributed by atoms with Gasteiger partial charge in [0.2, 0.25) is 0 Å². The van der Waals surface area contributed by atoms with Gasteiger partial charge in [-0.1, -0.05) is 57.8 Å². The van der Waals surface area contributed by atoms with Gasteiger partial charge in [-0.05, 0) is 25.7 Å². The normalized spacial score (nSPS) is 25.2. The van der Waals surface area contributed by atoms with E-state index < -0.39 is 5.54 Å². The van der Waals surface area contributed by atoms with Crippen molar-refractivity contribution in [3.05, 3.63) is 0 Å². The Hall–Kier alpha value is -0.570. The monoisotopic (exact) mass is 281 g/mol. The molecule has 2 fully saturated rings. The molecule has 0 heterocycles. The summed E-state index contributed by atoms with van der Waals surface area (Å²) in [4.78, 5) is 12.4. The Bertz CT molecular complexity index is 287. The van der Waals surface area contributed by atoms with E-state index in [0.29, 0.717) is 6.04 Å². The van der Waals surface area contributed by atoms with Crippen LogP contribution in [0.25, 0.3) is 0 Å². The standard InChI is InChI=1S/C17H31NO2/c1-20-16(19)17(13-9-5-2-6-10-14-17)18-15-11-7-3-4-8-12-15/h15,18H,2-14H2,1H3. The van der Waals surface area contributed by atoms with Crippen LogP contribution in [0.3, 0.4) is 0 Å². The maximum absolute atomic E-state index is 12.4. The van der Waals surface area contributed by atoms with E-state index in [1.54, 1.807) is 0 Å². The van der Waals surface area contributed by atoms with Crippen LogP contribution in [0.4, 0.5) is 0 Å². The van der Waals surface area contributed by atoms with Crippen molar-refractivity contribution in [2.75, 3.05) is 7.11 Å². The lowest BCUT2D eigenvalue weighted by atomic mass is 9.82. The summed E-state index contributed by atoms with van der Waals surface area (Å²) in [5, 5.41) is 3.76. The smallest absolute Gasteiger partial charge is 0.326 e. The third-order valence-electron chi connectivity index (χ3n) is 5.12. The minimum atomic E-state index is -0.399. The first-order valence-corrected chi connectivity index (χ1v) is 8.63. The van der Waals surface area contributed by atoms with Crippen molar-refractivity contribution < 1.29 is 9.53 Å². The number of ether oxygens (including phenoxy) is 1. The minimum Gasteiger partial charge on any atom is -0.468 e. The average molecular weight is 281 g/mol. The van der Waals surface area contributed by atoms with Crippen molar-refractivity contribution in [2.24, 2.45) is 0 Å². The highest BCUT2D eigenvalue weighted by atomic mass is 16.5. The number of esters is 1. The summed E-state index contributed by atoms with van der Waals surface area (Å²) in [5.74, 6) is -0.0244. The Morgan fingerprint density at radius 1 is 0.900 bits per heavy atom. The van der Waals surface area contributed by atoms with E-state index in [2.05, 4.69) is 5.32 Å². The zero-order valence-electron chi connectivity index (χ0n) is 13.1. The number of methoxy groups -OCH3 is 1. The Balaban J connectivity index is 2.05. The van der Waals surface area contributed by atoms with Crippen LogP contribution in [0.15, 0.2) is 0 Å². The van der Waals surface area contributed by atoms with Crippen LogP contribution in [0, 0.1) is 0 Å². The van der Waals surface area contributed by atoms with E-state index >= 15 is 0 Å². The molecule has 116 valence electrons. The molecular weight excluding hydrogens is 250 g/mol. The molecule has 2 aliphatic carbocycles. The molecule has 0 radical (unpaired) electrons. The molecule has 0 spiro atoms. The predicted molar refractivity (Wildman–Crippen MR) is 81.7 cm³/mol. The van der Waals surface area contributed by atoms with Crippen LogP contribution < -0.4 is 5.32 Å². The van der Waals surface area contributed by atoms with Gasteiger partial charge in [0, 0.05) is 6.04 Å². The molecule has 0 saturated heterocycles. The summed E-state index contributed by atoms with van der Waals surface area (Å²) in [7, 11) is 1.54. The van der Waals surface area contributed by atoms with Crippen LogP contribution in [0.1, 0.15) is 83.5 Å². The molecule has 2 aliphatic rings. The van der Waals surface area contributed by atoms with Crippen molar-refractivity contribution in [2.45, 2.75) is 95.1 Å². The van der Waals surface area contributed by atoms with Crippen LogP contribution in [0.5, 0.6) is 0 Å². The Morgan fingerprint density at radius 2 is 1.40 bits per heavy atom. The second-order valence-electron chi connectivity index (χ2n) is 6.67. The van der Waals surface area contributed by atoms with Gasteiger partial charge in [0.15, 0.2) is 0 Å². The average Bonchev–Trinajstić information content (AvgIpc) is 2.69. The second-order valence-corrected chi connectivity index (χ2v) is 6.67. The summed E-state index contributed by atoms with van der Waals surface area (Å²) in [6.45, 7) is 0. The lowest BCUT2D eigenvalue weighted by molar-refractivity contribution is -0.150. The molecule has 0 bridgehead atoms. The van der Waals surface area contributed by atoms with Gasteiger partial charge in [-0.15, -0.1) is 0 Å².